The minimum atomic E-state index is -0.193. The molecule has 0 aromatic carbocycles. The normalized spacial score (nSPS) is 17.1. The summed E-state index contributed by atoms with van der Waals surface area (Å²) in [4.78, 5) is 22.8. The summed E-state index contributed by atoms with van der Waals surface area (Å²) >= 11 is 2.12. The Morgan fingerprint density at radius 1 is 1.30 bits per heavy atom. The Labute approximate surface area is 72.2 Å². The van der Waals surface area contributed by atoms with E-state index in [0.717, 1.165) is 4.43 Å². The van der Waals surface area contributed by atoms with E-state index in [1.54, 1.807) is 0 Å². The van der Waals surface area contributed by atoms with Crippen LogP contribution in [0.15, 0.2) is 12.2 Å². The zero-order chi connectivity index (χ0) is 7.56. The van der Waals surface area contributed by atoms with Crippen molar-refractivity contribution >= 4 is 34.4 Å². The van der Waals surface area contributed by atoms with Gasteiger partial charge in [-0.1, -0.05) is 22.6 Å². The molecule has 3 nitrogen and oxygen atoms in total. The second-order valence-electron chi connectivity index (χ2n) is 1.85. The molecular weight excluding hydrogens is 245 g/mol. The average Bonchev–Trinajstić information content (AvgIpc) is 2.20. The van der Waals surface area contributed by atoms with Crippen LogP contribution >= 0.6 is 22.6 Å². The van der Waals surface area contributed by atoms with Gasteiger partial charge in [-0.2, -0.15) is 0 Å². The van der Waals surface area contributed by atoms with Crippen molar-refractivity contribution in [2.75, 3.05) is 11.0 Å². The van der Waals surface area contributed by atoms with Crippen molar-refractivity contribution in [1.29, 1.82) is 0 Å². The summed E-state index contributed by atoms with van der Waals surface area (Å²) < 4.78 is 0.789. The van der Waals surface area contributed by atoms with E-state index in [1.807, 2.05) is 0 Å². The molecule has 0 N–H and O–H groups in total. The minimum absolute atomic E-state index is 0.193. The van der Waals surface area contributed by atoms with E-state index in [2.05, 4.69) is 22.6 Å². The van der Waals surface area contributed by atoms with Gasteiger partial charge in [-0.25, -0.2) is 0 Å². The molecule has 10 heavy (non-hydrogen) atoms. The molecule has 1 rings (SSSR count). The first kappa shape index (κ1) is 7.71. The number of hydrogen-bond acceptors (Lipinski definition) is 2. The fraction of sp³-hybridized carbons (Fsp3) is 0.333. The van der Waals surface area contributed by atoms with Crippen LogP contribution in [0.2, 0.25) is 0 Å². The average molecular weight is 251 g/mol. The van der Waals surface area contributed by atoms with Crippen molar-refractivity contribution in [3.63, 3.8) is 0 Å². The highest BCUT2D eigenvalue weighted by Crippen LogP contribution is 2.03. The third-order valence-electron chi connectivity index (χ3n) is 1.21. The summed E-state index contributed by atoms with van der Waals surface area (Å²) in [6.07, 6.45) is 2.60. The number of carbonyl (C=O) groups excluding carboxylic acids is 2. The molecule has 1 aliphatic rings. The lowest BCUT2D eigenvalue weighted by Gasteiger charge is -2.10. The van der Waals surface area contributed by atoms with Crippen LogP contribution in [0.1, 0.15) is 0 Å². The Balaban J connectivity index is 2.60. The number of carbonyl (C=O) groups is 2. The van der Waals surface area contributed by atoms with E-state index in [4.69, 9.17) is 0 Å². The lowest BCUT2D eigenvalue weighted by Crippen LogP contribution is -2.31. The van der Waals surface area contributed by atoms with Gasteiger partial charge in [0.2, 0.25) is 0 Å². The van der Waals surface area contributed by atoms with Gasteiger partial charge in [-0.3, -0.25) is 14.5 Å². The highest BCUT2D eigenvalue weighted by atomic mass is 127. The second kappa shape index (κ2) is 3.14. The van der Waals surface area contributed by atoms with Crippen molar-refractivity contribution in [3.8, 4) is 0 Å². The van der Waals surface area contributed by atoms with Crippen molar-refractivity contribution in [2.24, 2.45) is 0 Å². The van der Waals surface area contributed by atoms with Crippen molar-refractivity contribution in [3.05, 3.63) is 12.2 Å². The van der Waals surface area contributed by atoms with E-state index in [-0.39, 0.29) is 11.8 Å². The van der Waals surface area contributed by atoms with Gasteiger partial charge in [-0.15, -0.1) is 0 Å². The predicted molar refractivity (Wildman–Crippen MR) is 44.7 cm³/mol. The molecular formula is C6H6INO2. The maximum absolute atomic E-state index is 10.8. The lowest BCUT2D eigenvalue weighted by molar-refractivity contribution is -0.136. The van der Waals surface area contributed by atoms with E-state index in [1.165, 1.54) is 17.1 Å². The minimum Gasteiger partial charge on any atom is -0.275 e. The van der Waals surface area contributed by atoms with Crippen molar-refractivity contribution in [1.82, 2.24) is 4.90 Å². The predicted octanol–water partition coefficient (Wildman–Crippen LogP) is 0.346. The molecule has 0 saturated carbocycles. The Morgan fingerprint density at radius 3 is 2.20 bits per heavy atom. The Kier molecular flexibility index (Phi) is 2.42. The van der Waals surface area contributed by atoms with E-state index in [9.17, 15) is 9.59 Å². The van der Waals surface area contributed by atoms with Crippen LogP contribution in [-0.4, -0.2) is 27.7 Å². The van der Waals surface area contributed by atoms with Gasteiger partial charge >= 0.3 is 0 Å². The molecule has 0 bridgehead atoms. The monoisotopic (exact) mass is 251 g/mol. The van der Waals surface area contributed by atoms with Gasteiger partial charge in [0.15, 0.2) is 0 Å². The summed E-state index contributed by atoms with van der Waals surface area (Å²) in [7, 11) is 0. The standard InChI is InChI=1S/C6H6INO2/c7-3-4-8-5(9)1-2-6(8)10/h1-2H,3-4H2. The van der Waals surface area contributed by atoms with Gasteiger partial charge < -0.3 is 0 Å². The molecule has 0 saturated heterocycles. The van der Waals surface area contributed by atoms with Gasteiger partial charge in [0.05, 0.1) is 0 Å². The maximum atomic E-state index is 10.8. The molecule has 4 heteroatoms. The molecule has 1 heterocycles. The first-order valence-corrected chi connectivity index (χ1v) is 4.38. The number of hydrogen-bond donors (Lipinski definition) is 0. The summed E-state index contributed by atoms with van der Waals surface area (Å²) in [5, 5.41) is 0. The zero-order valence-electron chi connectivity index (χ0n) is 5.21. The number of halogens is 1. The zero-order valence-corrected chi connectivity index (χ0v) is 7.37. The number of rotatable bonds is 2. The fourth-order valence-electron chi connectivity index (χ4n) is 0.736. The number of alkyl halides is 1. The molecule has 1 aliphatic heterocycles. The highest BCUT2D eigenvalue weighted by Gasteiger charge is 2.21. The van der Waals surface area contributed by atoms with Crippen LogP contribution < -0.4 is 0 Å². The number of nitrogens with zero attached hydrogens (tertiary/aromatic N) is 1. The van der Waals surface area contributed by atoms with E-state index >= 15 is 0 Å². The van der Waals surface area contributed by atoms with Crippen LogP contribution in [0.4, 0.5) is 0 Å². The van der Waals surface area contributed by atoms with Gasteiger partial charge in [-0.05, 0) is 0 Å². The molecule has 2 amide bonds. The van der Waals surface area contributed by atoms with Crippen molar-refractivity contribution < 1.29 is 9.59 Å². The summed E-state index contributed by atoms with van der Waals surface area (Å²) in [5.74, 6) is -0.386. The van der Waals surface area contributed by atoms with Gasteiger partial charge in [0, 0.05) is 23.1 Å². The Bertz CT molecular complexity index is 182. The first-order valence-electron chi connectivity index (χ1n) is 2.85. The Hall–Kier alpha value is -0.390. The van der Waals surface area contributed by atoms with Crippen LogP contribution in [-0.2, 0) is 9.59 Å². The number of amides is 2. The molecule has 0 aliphatic carbocycles. The second-order valence-corrected chi connectivity index (χ2v) is 2.93. The molecule has 0 radical (unpaired) electrons. The van der Waals surface area contributed by atoms with Gasteiger partial charge in [0.1, 0.15) is 0 Å². The summed E-state index contributed by atoms with van der Waals surface area (Å²) in [6, 6.07) is 0. The smallest absolute Gasteiger partial charge is 0.253 e. The molecule has 0 aromatic rings. The van der Waals surface area contributed by atoms with E-state index in [0.29, 0.717) is 6.54 Å². The Morgan fingerprint density at radius 2 is 1.80 bits per heavy atom. The summed E-state index contributed by atoms with van der Waals surface area (Å²) in [5.41, 5.74) is 0. The fourth-order valence-corrected chi connectivity index (χ4v) is 1.22. The van der Waals surface area contributed by atoms with E-state index < -0.39 is 0 Å². The topological polar surface area (TPSA) is 37.4 Å². The molecule has 54 valence electrons. The molecule has 0 atom stereocenters. The molecule has 0 unspecified atom stereocenters. The third kappa shape index (κ3) is 1.36. The maximum Gasteiger partial charge on any atom is 0.253 e. The van der Waals surface area contributed by atoms with Crippen LogP contribution in [0.25, 0.3) is 0 Å². The van der Waals surface area contributed by atoms with Crippen LogP contribution in [0, 0.1) is 0 Å². The summed E-state index contributed by atoms with van der Waals surface area (Å²) in [6.45, 7) is 0.519. The molecule has 0 spiro atoms. The quantitative estimate of drug-likeness (QED) is 0.403. The van der Waals surface area contributed by atoms with Crippen molar-refractivity contribution in [2.45, 2.75) is 0 Å². The molecule has 0 aromatic heterocycles. The molecule has 0 fully saturated rings. The largest absolute Gasteiger partial charge is 0.275 e. The SMILES string of the molecule is O=C1C=CC(=O)N1CCI. The first-order chi connectivity index (χ1) is 4.75. The number of imide groups is 1. The lowest BCUT2D eigenvalue weighted by atomic mass is 10.5. The van der Waals surface area contributed by atoms with Gasteiger partial charge in [0.25, 0.3) is 11.8 Å². The highest BCUT2D eigenvalue weighted by molar-refractivity contribution is 14.1. The van der Waals surface area contributed by atoms with Crippen LogP contribution in [0.3, 0.4) is 0 Å². The van der Waals surface area contributed by atoms with Crippen LogP contribution in [0.5, 0.6) is 0 Å². The third-order valence-corrected chi connectivity index (χ3v) is 1.69.